The monoisotopic (exact) mass is 431 g/mol. The van der Waals surface area contributed by atoms with Crippen molar-refractivity contribution in [3.05, 3.63) is 51.9 Å². The number of carbonyl (C=O) groups is 2. The number of hydrogen-bond donors (Lipinski definition) is 2. The fourth-order valence-electron chi connectivity index (χ4n) is 3.38. The van der Waals surface area contributed by atoms with Crippen LogP contribution in [0.4, 0.5) is 16.5 Å². The number of non-ortho nitro benzene ring substituents is 1. The molecule has 2 amide bonds. The summed E-state index contributed by atoms with van der Waals surface area (Å²) in [6, 6.07) is 5.81. The zero-order valence-corrected chi connectivity index (χ0v) is 16.5. The second-order valence-corrected chi connectivity index (χ2v) is 7.46. The molecule has 2 aliphatic rings. The minimum Gasteiger partial charge on any atom is -0.445 e. The predicted octanol–water partition coefficient (Wildman–Crippen LogP) is 0.905. The number of aliphatic hydroxyl groups excluding tert-OH is 1. The van der Waals surface area contributed by atoms with E-state index in [0.717, 1.165) is 0 Å². The normalized spacial score (nSPS) is 18.5. The van der Waals surface area contributed by atoms with Crippen LogP contribution in [0.3, 0.4) is 0 Å². The Hall–Kier alpha value is -3.67. The summed E-state index contributed by atoms with van der Waals surface area (Å²) in [4.78, 5) is 42.2. The molecular weight excluding hydrogens is 410 g/mol. The zero-order chi connectivity index (χ0) is 22.0. The lowest BCUT2D eigenvalue weighted by Gasteiger charge is -2.34. The molecule has 12 heteroatoms. The Morgan fingerprint density at radius 2 is 2.03 bits per heavy atom. The summed E-state index contributed by atoms with van der Waals surface area (Å²) in [6.07, 6.45) is 0.908. The van der Waals surface area contributed by atoms with Crippen LogP contribution in [0.25, 0.3) is 0 Å². The van der Waals surface area contributed by atoms with Gasteiger partial charge in [-0.3, -0.25) is 14.9 Å². The maximum Gasteiger partial charge on any atom is 0.410 e. The van der Waals surface area contributed by atoms with E-state index in [1.165, 1.54) is 35.4 Å². The van der Waals surface area contributed by atoms with Crippen LogP contribution in [0.5, 0.6) is 0 Å². The number of aromatic nitrogens is 1. The van der Waals surface area contributed by atoms with Crippen LogP contribution in [0.2, 0.25) is 0 Å². The quantitative estimate of drug-likeness (QED) is 0.502. The fourth-order valence-corrected chi connectivity index (χ4v) is 3.38. The smallest absolute Gasteiger partial charge is 0.410 e. The number of rotatable bonds is 6. The highest BCUT2D eigenvalue weighted by Gasteiger charge is 2.31. The summed E-state index contributed by atoms with van der Waals surface area (Å²) in [6.45, 7) is 1.56. The lowest BCUT2D eigenvalue weighted by Crippen LogP contribution is -2.51. The van der Waals surface area contributed by atoms with Gasteiger partial charge in [-0.25, -0.2) is 4.79 Å². The number of carbonyl (C=O) groups excluding carboxylic acids is 2. The SMILES string of the molecule is O=C(NC1CCN(C(=O)OCc2ccc([N+](=O)[O-])cc2)C1)c1coc(N2CC(O)C2)n1. The van der Waals surface area contributed by atoms with E-state index < -0.39 is 23.0 Å². The molecule has 1 unspecified atom stereocenters. The third-order valence-corrected chi connectivity index (χ3v) is 5.15. The Morgan fingerprint density at radius 1 is 1.29 bits per heavy atom. The van der Waals surface area contributed by atoms with Crippen molar-refractivity contribution in [2.75, 3.05) is 31.1 Å². The van der Waals surface area contributed by atoms with Gasteiger partial charge in [0.05, 0.1) is 24.1 Å². The van der Waals surface area contributed by atoms with Gasteiger partial charge in [-0.2, -0.15) is 4.98 Å². The van der Waals surface area contributed by atoms with Gasteiger partial charge in [-0.1, -0.05) is 0 Å². The molecular formula is C19H21N5O7. The Labute approximate surface area is 176 Å². The van der Waals surface area contributed by atoms with E-state index in [9.17, 15) is 24.8 Å². The predicted molar refractivity (Wildman–Crippen MR) is 105 cm³/mol. The maximum absolute atomic E-state index is 12.4. The number of ether oxygens (including phenoxy) is 1. The molecule has 0 bridgehead atoms. The van der Waals surface area contributed by atoms with Crippen LogP contribution in [0.1, 0.15) is 22.5 Å². The number of β-amino-alcohol motifs (C(OH)–C–C–N with tert-alkyl or cyclic N) is 1. The Kier molecular flexibility index (Phi) is 5.71. The lowest BCUT2D eigenvalue weighted by atomic mass is 10.2. The maximum atomic E-state index is 12.4. The lowest BCUT2D eigenvalue weighted by molar-refractivity contribution is -0.384. The molecule has 2 aliphatic heterocycles. The van der Waals surface area contributed by atoms with Gasteiger partial charge >= 0.3 is 6.09 Å². The van der Waals surface area contributed by atoms with E-state index in [1.54, 1.807) is 4.90 Å². The van der Waals surface area contributed by atoms with Gasteiger partial charge < -0.3 is 29.4 Å². The Balaban J connectivity index is 1.22. The van der Waals surface area contributed by atoms with Crippen LogP contribution in [0, 0.1) is 10.1 Å². The van der Waals surface area contributed by atoms with Gasteiger partial charge in [-0.15, -0.1) is 0 Å². The number of anilines is 1. The molecule has 2 saturated heterocycles. The summed E-state index contributed by atoms with van der Waals surface area (Å²) >= 11 is 0. The van der Waals surface area contributed by atoms with Crippen LogP contribution in [-0.2, 0) is 11.3 Å². The molecule has 1 aromatic carbocycles. The number of nitrogens with zero attached hydrogens (tertiary/aromatic N) is 4. The van der Waals surface area contributed by atoms with Gasteiger partial charge in [-0.05, 0) is 24.1 Å². The van der Waals surface area contributed by atoms with Crippen LogP contribution in [-0.4, -0.2) is 70.2 Å². The molecule has 1 atom stereocenters. The Bertz CT molecular complexity index is 970. The molecule has 164 valence electrons. The highest BCUT2D eigenvalue weighted by molar-refractivity contribution is 5.92. The topological polar surface area (TPSA) is 151 Å². The molecule has 2 fully saturated rings. The van der Waals surface area contributed by atoms with Gasteiger partial charge in [0.2, 0.25) is 0 Å². The molecule has 12 nitrogen and oxygen atoms in total. The number of hydrogen-bond acceptors (Lipinski definition) is 9. The molecule has 2 aromatic rings. The molecule has 2 N–H and O–H groups in total. The number of aliphatic hydroxyl groups is 1. The average Bonchev–Trinajstić information content (AvgIpc) is 3.40. The number of nitro benzene ring substituents is 1. The minimum atomic E-state index is -0.518. The second-order valence-electron chi connectivity index (χ2n) is 7.46. The number of oxazole rings is 1. The minimum absolute atomic E-state index is 0.00271. The standard InChI is InChI=1S/C19H21N5O7/c25-15-8-23(9-15)18-21-16(11-30-18)17(26)20-13-5-6-22(7-13)19(27)31-10-12-1-3-14(4-2-12)24(28)29/h1-4,11,13,15,25H,5-10H2,(H,20,26). The van der Waals surface area contributed by atoms with Crippen molar-refractivity contribution < 1.29 is 28.8 Å². The molecule has 0 radical (unpaired) electrons. The van der Waals surface area contributed by atoms with Gasteiger partial charge in [0.1, 0.15) is 12.9 Å². The van der Waals surface area contributed by atoms with E-state index in [1.807, 2.05) is 0 Å². The zero-order valence-electron chi connectivity index (χ0n) is 16.5. The summed E-state index contributed by atoms with van der Waals surface area (Å²) in [7, 11) is 0. The number of likely N-dealkylation sites (tertiary alicyclic amines) is 1. The van der Waals surface area contributed by atoms with Gasteiger partial charge in [0, 0.05) is 31.3 Å². The van der Waals surface area contributed by atoms with Crippen molar-refractivity contribution in [1.82, 2.24) is 15.2 Å². The van der Waals surface area contributed by atoms with Crippen LogP contribution in [0.15, 0.2) is 34.9 Å². The van der Waals surface area contributed by atoms with Gasteiger partial charge in [0.15, 0.2) is 5.69 Å². The number of amides is 2. The molecule has 0 spiro atoms. The number of benzene rings is 1. The van der Waals surface area contributed by atoms with Crippen LogP contribution < -0.4 is 10.2 Å². The van der Waals surface area contributed by atoms with E-state index >= 15 is 0 Å². The molecule has 1 aromatic heterocycles. The highest BCUT2D eigenvalue weighted by Crippen LogP contribution is 2.20. The van der Waals surface area contributed by atoms with Crippen molar-refractivity contribution in [2.24, 2.45) is 0 Å². The van der Waals surface area contributed by atoms with E-state index in [-0.39, 0.29) is 24.0 Å². The molecule has 31 heavy (non-hydrogen) atoms. The van der Waals surface area contributed by atoms with Crippen molar-refractivity contribution in [1.29, 1.82) is 0 Å². The first-order chi connectivity index (χ1) is 14.9. The van der Waals surface area contributed by atoms with E-state index in [4.69, 9.17) is 9.15 Å². The first-order valence-electron chi connectivity index (χ1n) is 9.73. The van der Waals surface area contributed by atoms with Crippen molar-refractivity contribution in [3.8, 4) is 0 Å². The molecule has 0 aliphatic carbocycles. The van der Waals surface area contributed by atoms with Gasteiger partial charge in [0.25, 0.3) is 17.6 Å². The molecule has 0 saturated carbocycles. The van der Waals surface area contributed by atoms with E-state index in [0.29, 0.717) is 44.2 Å². The third kappa shape index (κ3) is 4.74. The first-order valence-corrected chi connectivity index (χ1v) is 9.73. The fraction of sp³-hybridized carbons (Fsp3) is 0.421. The summed E-state index contributed by atoms with van der Waals surface area (Å²) in [5.74, 6) is -0.401. The molecule has 3 heterocycles. The van der Waals surface area contributed by atoms with Crippen LogP contribution >= 0.6 is 0 Å². The van der Waals surface area contributed by atoms with Crippen molar-refractivity contribution in [3.63, 3.8) is 0 Å². The second kappa shape index (κ2) is 8.60. The Morgan fingerprint density at radius 3 is 2.71 bits per heavy atom. The largest absolute Gasteiger partial charge is 0.445 e. The number of nitro groups is 1. The molecule has 4 rings (SSSR count). The number of nitrogens with one attached hydrogen (secondary N) is 1. The van der Waals surface area contributed by atoms with Crippen molar-refractivity contribution >= 4 is 23.7 Å². The first kappa shape index (κ1) is 20.6. The average molecular weight is 431 g/mol. The van der Waals surface area contributed by atoms with E-state index in [2.05, 4.69) is 10.3 Å². The summed E-state index contributed by atoms with van der Waals surface area (Å²) in [5, 5.41) is 22.8. The summed E-state index contributed by atoms with van der Waals surface area (Å²) in [5.41, 5.74) is 0.741. The summed E-state index contributed by atoms with van der Waals surface area (Å²) < 4.78 is 10.5. The van der Waals surface area contributed by atoms with Crippen molar-refractivity contribution in [2.45, 2.75) is 25.2 Å². The third-order valence-electron chi connectivity index (χ3n) is 5.15. The highest BCUT2D eigenvalue weighted by atomic mass is 16.6.